The lowest BCUT2D eigenvalue weighted by Gasteiger charge is -2.19. The van der Waals surface area contributed by atoms with Gasteiger partial charge in [0.2, 0.25) is 0 Å². The Morgan fingerprint density at radius 1 is 1.30 bits per heavy atom. The molecule has 0 saturated heterocycles. The van der Waals surface area contributed by atoms with Crippen molar-refractivity contribution in [3.05, 3.63) is 53.6 Å². The number of hydrogen-bond donors (Lipinski definition) is 1. The van der Waals surface area contributed by atoms with Crippen molar-refractivity contribution in [1.29, 1.82) is 0 Å². The number of benzene rings is 1. The Hall–Kier alpha value is -1.68. The fourth-order valence-electron chi connectivity index (χ4n) is 2.29. The Morgan fingerprint density at radius 2 is 2.10 bits per heavy atom. The molecule has 0 fully saturated rings. The second-order valence-corrected chi connectivity index (χ2v) is 4.94. The predicted octanol–water partition coefficient (Wildman–Crippen LogP) is 3.33. The first-order valence-electron chi connectivity index (χ1n) is 7.23. The number of hydrogen-bond acceptors (Lipinski definition) is 2. The molecule has 2 rings (SSSR count). The van der Waals surface area contributed by atoms with Crippen LogP contribution in [0.4, 0.5) is 4.39 Å². The second kappa shape index (κ2) is 7.20. The van der Waals surface area contributed by atoms with E-state index < -0.39 is 0 Å². The van der Waals surface area contributed by atoms with Crippen LogP contribution >= 0.6 is 0 Å². The number of halogens is 1. The van der Waals surface area contributed by atoms with Crippen molar-refractivity contribution in [2.45, 2.75) is 39.3 Å². The van der Waals surface area contributed by atoms with E-state index in [4.69, 9.17) is 0 Å². The Labute approximate surface area is 119 Å². The quantitative estimate of drug-likeness (QED) is 0.840. The summed E-state index contributed by atoms with van der Waals surface area (Å²) >= 11 is 0. The van der Waals surface area contributed by atoms with E-state index in [1.54, 1.807) is 6.07 Å². The third-order valence-electron chi connectivity index (χ3n) is 3.37. The van der Waals surface area contributed by atoms with Crippen molar-refractivity contribution in [2.24, 2.45) is 0 Å². The minimum Gasteiger partial charge on any atom is -0.310 e. The minimum atomic E-state index is -0.149. The number of aromatic nitrogens is 2. The first kappa shape index (κ1) is 14.7. The molecule has 0 aliphatic rings. The van der Waals surface area contributed by atoms with Crippen molar-refractivity contribution in [3.63, 3.8) is 0 Å². The highest BCUT2D eigenvalue weighted by atomic mass is 19.1. The van der Waals surface area contributed by atoms with E-state index >= 15 is 0 Å². The van der Waals surface area contributed by atoms with Gasteiger partial charge in [0, 0.05) is 24.3 Å². The molecule has 0 spiro atoms. The largest absolute Gasteiger partial charge is 0.310 e. The molecule has 0 bridgehead atoms. The zero-order valence-corrected chi connectivity index (χ0v) is 12.1. The molecule has 1 aromatic heterocycles. The van der Waals surface area contributed by atoms with Gasteiger partial charge in [0.1, 0.15) is 5.82 Å². The average Bonchev–Trinajstić information content (AvgIpc) is 2.92. The maximum atomic E-state index is 14.0. The molecule has 0 aliphatic carbocycles. The molecule has 20 heavy (non-hydrogen) atoms. The van der Waals surface area contributed by atoms with Crippen LogP contribution in [0.2, 0.25) is 0 Å². The van der Waals surface area contributed by atoms with E-state index in [2.05, 4.69) is 24.3 Å². The van der Waals surface area contributed by atoms with Crippen LogP contribution in [0.1, 0.15) is 37.4 Å². The third kappa shape index (κ3) is 3.67. The molecule has 1 atom stereocenters. The zero-order valence-electron chi connectivity index (χ0n) is 12.1. The van der Waals surface area contributed by atoms with Crippen LogP contribution < -0.4 is 5.32 Å². The molecule has 3 nitrogen and oxygen atoms in total. The first-order valence-corrected chi connectivity index (χ1v) is 7.23. The van der Waals surface area contributed by atoms with Crippen molar-refractivity contribution in [1.82, 2.24) is 15.1 Å². The lowest BCUT2D eigenvalue weighted by molar-refractivity contribution is 0.497. The van der Waals surface area contributed by atoms with E-state index in [9.17, 15) is 4.39 Å². The van der Waals surface area contributed by atoms with E-state index in [-0.39, 0.29) is 11.9 Å². The van der Waals surface area contributed by atoms with E-state index in [0.29, 0.717) is 0 Å². The molecule has 1 N–H and O–H groups in total. The highest BCUT2D eigenvalue weighted by Gasteiger charge is 2.16. The summed E-state index contributed by atoms with van der Waals surface area (Å²) in [4.78, 5) is 0. The molecule has 1 heterocycles. The molecular formula is C16H22FN3. The van der Waals surface area contributed by atoms with E-state index in [0.717, 1.165) is 37.1 Å². The van der Waals surface area contributed by atoms with Gasteiger partial charge < -0.3 is 5.32 Å². The van der Waals surface area contributed by atoms with Gasteiger partial charge >= 0.3 is 0 Å². The average molecular weight is 275 g/mol. The molecule has 0 amide bonds. The van der Waals surface area contributed by atoms with Crippen LogP contribution in [0.15, 0.2) is 36.7 Å². The molecule has 1 aromatic carbocycles. The Balaban J connectivity index is 2.17. The minimum absolute atomic E-state index is 0.00865. The molecule has 4 heteroatoms. The van der Waals surface area contributed by atoms with Crippen molar-refractivity contribution < 1.29 is 4.39 Å². The standard InChI is InChI=1S/C16H22FN3/c1-3-9-18-16(14-7-5-6-8-15(14)17)10-13-11-19-20(4-2)12-13/h5-8,11-12,16,18H,3-4,9-10H2,1-2H3. The topological polar surface area (TPSA) is 29.9 Å². The van der Waals surface area contributed by atoms with Crippen LogP contribution in [0.3, 0.4) is 0 Å². The maximum absolute atomic E-state index is 14.0. The number of nitrogens with zero attached hydrogens (tertiary/aromatic N) is 2. The van der Waals surface area contributed by atoms with Gasteiger partial charge in [-0.15, -0.1) is 0 Å². The summed E-state index contributed by atoms with van der Waals surface area (Å²) in [5.41, 5.74) is 1.86. The highest BCUT2D eigenvalue weighted by molar-refractivity contribution is 5.23. The lowest BCUT2D eigenvalue weighted by atomic mass is 10.00. The van der Waals surface area contributed by atoms with Crippen molar-refractivity contribution in [3.8, 4) is 0 Å². The Bertz CT molecular complexity index is 536. The summed E-state index contributed by atoms with van der Waals surface area (Å²) < 4.78 is 15.9. The van der Waals surface area contributed by atoms with Gasteiger partial charge in [0.05, 0.1) is 6.20 Å². The number of nitrogens with one attached hydrogen (secondary N) is 1. The fourth-order valence-corrected chi connectivity index (χ4v) is 2.29. The van der Waals surface area contributed by atoms with Gasteiger partial charge in [0.15, 0.2) is 0 Å². The summed E-state index contributed by atoms with van der Waals surface area (Å²) in [6.07, 6.45) is 5.67. The first-order chi connectivity index (χ1) is 9.74. The van der Waals surface area contributed by atoms with E-state index in [1.165, 1.54) is 6.07 Å². The van der Waals surface area contributed by atoms with Gasteiger partial charge in [-0.1, -0.05) is 25.1 Å². The summed E-state index contributed by atoms with van der Waals surface area (Å²) in [5, 5.41) is 7.70. The maximum Gasteiger partial charge on any atom is 0.127 e. The van der Waals surface area contributed by atoms with Gasteiger partial charge in [-0.05, 0) is 37.9 Å². The molecule has 108 valence electrons. The number of aryl methyl sites for hydroxylation is 1. The molecule has 0 aliphatic heterocycles. The summed E-state index contributed by atoms with van der Waals surface area (Å²) in [7, 11) is 0. The van der Waals surface area contributed by atoms with Gasteiger partial charge in [-0.2, -0.15) is 5.10 Å². The van der Waals surface area contributed by atoms with Gasteiger partial charge in [0.25, 0.3) is 0 Å². The third-order valence-corrected chi connectivity index (χ3v) is 3.37. The Kier molecular flexibility index (Phi) is 5.30. The molecule has 0 radical (unpaired) electrons. The summed E-state index contributed by atoms with van der Waals surface area (Å²) in [5.74, 6) is -0.149. The van der Waals surface area contributed by atoms with Crippen LogP contribution in [-0.4, -0.2) is 16.3 Å². The number of rotatable bonds is 7. The molecule has 1 unspecified atom stereocenters. The van der Waals surface area contributed by atoms with Crippen LogP contribution in [-0.2, 0) is 13.0 Å². The van der Waals surface area contributed by atoms with Crippen LogP contribution in [0.5, 0.6) is 0 Å². The van der Waals surface area contributed by atoms with E-state index in [1.807, 2.05) is 29.2 Å². The van der Waals surface area contributed by atoms with Crippen molar-refractivity contribution >= 4 is 0 Å². The predicted molar refractivity (Wildman–Crippen MR) is 79.0 cm³/mol. The second-order valence-electron chi connectivity index (χ2n) is 4.94. The smallest absolute Gasteiger partial charge is 0.127 e. The highest BCUT2D eigenvalue weighted by Crippen LogP contribution is 2.21. The molecule has 2 aromatic rings. The molecular weight excluding hydrogens is 253 g/mol. The SMILES string of the molecule is CCCNC(Cc1cnn(CC)c1)c1ccccc1F. The van der Waals surface area contributed by atoms with Gasteiger partial charge in [-0.25, -0.2) is 4.39 Å². The summed E-state index contributed by atoms with van der Waals surface area (Å²) in [6.45, 7) is 5.90. The fraction of sp³-hybridized carbons (Fsp3) is 0.438. The zero-order chi connectivity index (χ0) is 14.4. The monoisotopic (exact) mass is 275 g/mol. The van der Waals surface area contributed by atoms with Crippen LogP contribution in [0, 0.1) is 5.82 Å². The Morgan fingerprint density at radius 3 is 2.75 bits per heavy atom. The van der Waals surface area contributed by atoms with Crippen LogP contribution in [0.25, 0.3) is 0 Å². The lowest BCUT2D eigenvalue weighted by Crippen LogP contribution is -2.24. The summed E-state index contributed by atoms with van der Waals surface area (Å²) in [6, 6.07) is 6.98. The van der Waals surface area contributed by atoms with Gasteiger partial charge in [-0.3, -0.25) is 4.68 Å². The van der Waals surface area contributed by atoms with Crippen molar-refractivity contribution in [2.75, 3.05) is 6.54 Å². The normalized spacial score (nSPS) is 12.6. The molecule has 0 saturated carbocycles.